The van der Waals surface area contributed by atoms with E-state index in [0.29, 0.717) is 22.2 Å². The van der Waals surface area contributed by atoms with Crippen LogP contribution in [0.4, 0.5) is 11.5 Å². The van der Waals surface area contributed by atoms with Crippen molar-refractivity contribution in [1.82, 2.24) is 14.7 Å². The Balaban J connectivity index is 1.63. The summed E-state index contributed by atoms with van der Waals surface area (Å²) in [7, 11) is 0. The van der Waals surface area contributed by atoms with E-state index in [9.17, 15) is 19.7 Å². The predicted octanol–water partition coefficient (Wildman–Crippen LogP) is 5.84. The lowest BCUT2D eigenvalue weighted by molar-refractivity contribution is -0.384. The molecule has 0 aliphatic carbocycles. The Morgan fingerprint density at radius 2 is 1.74 bits per heavy atom. The van der Waals surface area contributed by atoms with Crippen molar-refractivity contribution < 1.29 is 14.5 Å². The fourth-order valence-electron chi connectivity index (χ4n) is 3.98. The van der Waals surface area contributed by atoms with Gasteiger partial charge in [0.05, 0.1) is 21.3 Å². The lowest BCUT2D eigenvalue weighted by atomic mass is 10.1. The number of hydrogen-bond donors (Lipinski definition) is 1. The van der Waals surface area contributed by atoms with Crippen LogP contribution in [0.5, 0.6) is 0 Å². The molecule has 0 saturated carbocycles. The first-order chi connectivity index (χ1) is 18.2. The molecule has 0 radical (unpaired) electrons. The number of non-ortho nitro benzene ring substituents is 1. The second-order valence-corrected chi connectivity index (χ2v) is 9.49. The molecule has 0 saturated heterocycles. The first kappa shape index (κ1) is 26.6. The number of halogens is 1. The standard InChI is InChI=1S/C28H26ClN5O4/c1-19(2)17-32(28(36)21-11-8-12-22(15-21)34(37)38)18-27(35)30-26-16-24(20-9-4-3-5-10-20)31-33(26)25-14-7-6-13-23(25)29/h3-16,19H,17-18H2,1-2H3,(H,30,35). The van der Waals surface area contributed by atoms with Gasteiger partial charge in [0.25, 0.3) is 11.6 Å². The van der Waals surface area contributed by atoms with Crippen molar-refractivity contribution >= 4 is 34.9 Å². The second-order valence-electron chi connectivity index (χ2n) is 9.08. The van der Waals surface area contributed by atoms with E-state index in [2.05, 4.69) is 10.4 Å². The smallest absolute Gasteiger partial charge is 0.270 e. The number of para-hydroxylation sites is 1. The molecule has 4 aromatic rings. The lowest BCUT2D eigenvalue weighted by Crippen LogP contribution is -2.40. The zero-order chi connectivity index (χ0) is 27.2. The molecule has 10 heteroatoms. The molecule has 194 valence electrons. The maximum atomic E-state index is 13.3. The van der Waals surface area contributed by atoms with Crippen LogP contribution in [0, 0.1) is 16.0 Å². The molecule has 9 nitrogen and oxygen atoms in total. The van der Waals surface area contributed by atoms with E-state index in [1.54, 1.807) is 28.9 Å². The second kappa shape index (κ2) is 11.7. The number of amides is 2. The maximum Gasteiger partial charge on any atom is 0.270 e. The van der Waals surface area contributed by atoms with Crippen molar-refractivity contribution in [3.63, 3.8) is 0 Å². The molecule has 38 heavy (non-hydrogen) atoms. The van der Waals surface area contributed by atoms with E-state index < -0.39 is 16.7 Å². The van der Waals surface area contributed by atoms with Gasteiger partial charge < -0.3 is 10.2 Å². The summed E-state index contributed by atoms with van der Waals surface area (Å²) in [5, 5.41) is 19.2. The Kier molecular flexibility index (Phi) is 8.18. The average Bonchev–Trinajstić information content (AvgIpc) is 3.31. The summed E-state index contributed by atoms with van der Waals surface area (Å²) in [6.07, 6.45) is 0. The van der Waals surface area contributed by atoms with E-state index in [1.165, 1.54) is 29.2 Å². The summed E-state index contributed by atoms with van der Waals surface area (Å²) < 4.78 is 1.55. The quantitative estimate of drug-likeness (QED) is 0.215. The van der Waals surface area contributed by atoms with Gasteiger partial charge in [-0.3, -0.25) is 19.7 Å². The molecule has 3 aromatic carbocycles. The van der Waals surface area contributed by atoms with Crippen LogP contribution in [0.2, 0.25) is 5.02 Å². The minimum absolute atomic E-state index is 0.0591. The number of benzene rings is 3. The van der Waals surface area contributed by atoms with Gasteiger partial charge in [-0.1, -0.05) is 74.0 Å². The number of nitrogens with one attached hydrogen (secondary N) is 1. The monoisotopic (exact) mass is 531 g/mol. The summed E-state index contributed by atoms with van der Waals surface area (Å²) in [5.74, 6) is -0.475. The first-order valence-corrected chi connectivity index (χ1v) is 12.3. The summed E-state index contributed by atoms with van der Waals surface area (Å²) in [4.78, 5) is 38.5. The van der Waals surface area contributed by atoms with Gasteiger partial charge in [0.15, 0.2) is 0 Å². The topological polar surface area (TPSA) is 110 Å². The van der Waals surface area contributed by atoms with Crippen LogP contribution in [0.25, 0.3) is 16.9 Å². The average molecular weight is 532 g/mol. The van der Waals surface area contributed by atoms with E-state index >= 15 is 0 Å². The van der Waals surface area contributed by atoms with Crippen LogP contribution in [-0.2, 0) is 4.79 Å². The van der Waals surface area contributed by atoms with Crippen molar-refractivity contribution in [1.29, 1.82) is 0 Å². The highest BCUT2D eigenvalue weighted by Gasteiger charge is 2.23. The summed E-state index contributed by atoms with van der Waals surface area (Å²) >= 11 is 6.43. The van der Waals surface area contributed by atoms with Gasteiger partial charge in [-0.25, -0.2) is 4.68 Å². The molecule has 0 spiro atoms. The Bertz CT molecular complexity index is 1470. The molecule has 1 aromatic heterocycles. The lowest BCUT2D eigenvalue weighted by Gasteiger charge is -2.24. The molecule has 0 atom stereocenters. The maximum absolute atomic E-state index is 13.3. The number of nitrogens with zero attached hydrogens (tertiary/aromatic N) is 4. The highest BCUT2D eigenvalue weighted by Crippen LogP contribution is 2.28. The van der Waals surface area contributed by atoms with E-state index in [-0.39, 0.29) is 30.3 Å². The minimum atomic E-state index is -0.559. The molecule has 1 N–H and O–H groups in total. The normalized spacial score (nSPS) is 10.8. The molecule has 0 bridgehead atoms. The number of carbonyl (C=O) groups is 2. The van der Waals surface area contributed by atoms with Crippen molar-refractivity contribution in [3.8, 4) is 16.9 Å². The summed E-state index contributed by atoms with van der Waals surface area (Å²) in [5.41, 5.74) is 2.02. The number of carbonyl (C=O) groups excluding carboxylic acids is 2. The molecule has 0 fully saturated rings. The molecule has 0 aliphatic heterocycles. The van der Waals surface area contributed by atoms with Gasteiger partial charge in [-0.05, 0) is 24.1 Å². The Hall–Kier alpha value is -4.50. The molecule has 0 unspecified atom stereocenters. The zero-order valence-corrected chi connectivity index (χ0v) is 21.6. The number of rotatable bonds is 9. The molecule has 0 aliphatic rings. The number of aromatic nitrogens is 2. The highest BCUT2D eigenvalue weighted by molar-refractivity contribution is 6.32. The molecule has 1 heterocycles. The predicted molar refractivity (Wildman–Crippen MR) is 146 cm³/mol. The number of nitro benzene ring substituents is 1. The van der Waals surface area contributed by atoms with Gasteiger partial charge >= 0.3 is 0 Å². The van der Waals surface area contributed by atoms with Gasteiger partial charge in [0.1, 0.15) is 12.4 Å². The first-order valence-electron chi connectivity index (χ1n) is 12.0. The summed E-state index contributed by atoms with van der Waals surface area (Å²) in [6, 6.07) is 23.9. The highest BCUT2D eigenvalue weighted by atomic mass is 35.5. The largest absolute Gasteiger partial charge is 0.329 e. The molecular weight excluding hydrogens is 506 g/mol. The van der Waals surface area contributed by atoms with Crippen molar-refractivity contribution in [2.75, 3.05) is 18.4 Å². The van der Waals surface area contributed by atoms with Crippen LogP contribution in [-0.4, -0.2) is 44.5 Å². The Morgan fingerprint density at radius 1 is 1.03 bits per heavy atom. The molecule has 4 rings (SSSR count). The molecule has 2 amide bonds. The zero-order valence-electron chi connectivity index (χ0n) is 20.9. The van der Waals surface area contributed by atoms with Crippen LogP contribution in [0.1, 0.15) is 24.2 Å². The third-order valence-electron chi connectivity index (χ3n) is 5.64. The van der Waals surface area contributed by atoms with E-state index in [0.717, 1.165) is 5.56 Å². The van der Waals surface area contributed by atoms with Crippen molar-refractivity contribution in [2.45, 2.75) is 13.8 Å². The van der Waals surface area contributed by atoms with E-state index in [1.807, 2.05) is 50.2 Å². The van der Waals surface area contributed by atoms with E-state index in [4.69, 9.17) is 11.6 Å². The van der Waals surface area contributed by atoms with Crippen LogP contribution in [0.3, 0.4) is 0 Å². The summed E-state index contributed by atoms with van der Waals surface area (Å²) in [6.45, 7) is 3.87. The van der Waals surface area contributed by atoms with Crippen LogP contribution < -0.4 is 5.32 Å². The third-order valence-corrected chi connectivity index (χ3v) is 5.96. The number of hydrogen-bond acceptors (Lipinski definition) is 5. The number of nitro groups is 1. The van der Waals surface area contributed by atoms with Crippen LogP contribution >= 0.6 is 11.6 Å². The Labute approximate surface area is 224 Å². The van der Waals surface area contributed by atoms with Gasteiger partial charge in [-0.2, -0.15) is 5.10 Å². The number of anilines is 1. The van der Waals surface area contributed by atoms with Gasteiger partial charge in [0, 0.05) is 35.9 Å². The fraction of sp³-hybridized carbons (Fsp3) is 0.179. The van der Waals surface area contributed by atoms with Crippen LogP contribution in [0.15, 0.2) is 84.9 Å². The van der Waals surface area contributed by atoms with Gasteiger partial charge in [-0.15, -0.1) is 0 Å². The van der Waals surface area contributed by atoms with Crippen molar-refractivity contribution in [2.24, 2.45) is 5.92 Å². The van der Waals surface area contributed by atoms with Crippen molar-refractivity contribution in [3.05, 3.63) is 106 Å². The minimum Gasteiger partial charge on any atom is -0.329 e. The van der Waals surface area contributed by atoms with Gasteiger partial charge in [0.2, 0.25) is 5.91 Å². The third kappa shape index (κ3) is 6.24. The SMILES string of the molecule is CC(C)CN(CC(=O)Nc1cc(-c2ccccc2)nn1-c1ccccc1Cl)C(=O)c1cccc([N+](=O)[O-])c1. The molecular formula is C28H26ClN5O4. The fourth-order valence-corrected chi connectivity index (χ4v) is 4.19. The Morgan fingerprint density at radius 3 is 2.42 bits per heavy atom.